The summed E-state index contributed by atoms with van der Waals surface area (Å²) in [7, 11) is 0. The molecular formula is C27H25ClF4N4O. The van der Waals surface area contributed by atoms with Gasteiger partial charge < -0.3 is 10.6 Å². The second-order valence-electron chi connectivity index (χ2n) is 8.92. The number of hydrogen-bond acceptors (Lipinski definition) is 4. The molecule has 0 saturated carbocycles. The molecule has 194 valence electrons. The number of benzene rings is 2. The first-order valence-corrected chi connectivity index (χ1v) is 12.1. The maximum Gasteiger partial charge on any atom is 0.417 e. The Balaban J connectivity index is 1.70. The van der Waals surface area contributed by atoms with Gasteiger partial charge in [-0.1, -0.05) is 23.7 Å². The van der Waals surface area contributed by atoms with Crippen LogP contribution in [0.1, 0.15) is 58.5 Å². The van der Waals surface area contributed by atoms with E-state index in [0.717, 1.165) is 41.9 Å². The summed E-state index contributed by atoms with van der Waals surface area (Å²) < 4.78 is 54.9. The number of nitrogens with one attached hydrogen (secondary N) is 2. The summed E-state index contributed by atoms with van der Waals surface area (Å²) in [4.78, 5) is 21.8. The van der Waals surface area contributed by atoms with Crippen molar-refractivity contribution < 1.29 is 22.4 Å². The molecular weight excluding hydrogens is 508 g/mol. The smallest absolute Gasteiger partial charge is 0.370 e. The van der Waals surface area contributed by atoms with E-state index < -0.39 is 29.5 Å². The van der Waals surface area contributed by atoms with E-state index in [1.165, 1.54) is 12.1 Å². The van der Waals surface area contributed by atoms with Crippen LogP contribution in [0.25, 0.3) is 11.3 Å². The van der Waals surface area contributed by atoms with Crippen LogP contribution in [0.15, 0.2) is 53.5 Å². The lowest BCUT2D eigenvalue weighted by molar-refractivity contribution is -0.137. The zero-order valence-corrected chi connectivity index (χ0v) is 21.0. The van der Waals surface area contributed by atoms with E-state index in [0.29, 0.717) is 23.2 Å². The zero-order chi connectivity index (χ0) is 26.7. The number of carbonyl (C=O) groups excluding carboxylic acids is 1. The van der Waals surface area contributed by atoms with E-state index in [1.807, 2.05) is 13.0 Å². The normalized spacial score (nSPS) is 14.3. The van der Waals surface area contributed by atoms with Gasteiger partial charge in [-0.05, 0) is 73.4 Å². The van der Waals surface area contributed by atoms with E-state index in [9.17, 15) is 22.4 Å². The molecule has 2 aromatic carbocycles. The van der Waals surface area contributed by atoms with Gasteiger partial charge in [0.2, 0.25) is 0 Å². The van der Waals surface area contributed by atoms with Gasteiger partial charge in [-0.25, -0.2) is 9.37 Å². The van der Waals surface area contributed by atoms with Gasteiger partial charge in [-0.2, -0.15) is 13.2 Å². The van der Waals surface area contributed by atoms with Crippen molar-refractivity contribution in [3.05, 3.63) is 87.3 Å². The number of hydrogen-bond donors (Lipinski definition) is 2. The number of carbonyl (C=O) groups is 1. The molecule has 5 nitrogen and oxygen atoms in total. The lowest BCUT2D eigenvalue weighted by Crippen LogP contribution is -2.28. The predicted molar refractivity (Wildman–Crippen MR) is 135 cm³/mol. The number of aryl methyl sites for hydroxylation is 1. The summed E-state index contributed by atoms with van der Waals surface area (Å²) in [6.45, 7) is 4.58. The third-order valence-electron chi connectivity index (χ3n) is 6.08. The highest BCUT2D eigenvalue weighted by Crippen LogP contribution is 2.37. The van der Waals surface area contributed by atoms with Crippen molar-refractivity contribution in [2.45, 2.75) is 45.5 Å². The Labute approximate surface area is 217 Å². The summed E-state index contributed by atoms with van der Waals surface area (Å²) in [5.74, 6) is -0.774. The number of halogens is 5. The van der Waals surface area contributed by atoms with Gasteiger partial charge in [0.15, 0.2) is 0 Å². The molecule has 2 N–H and O–H groups in total. The highest BCUT2D eigenvalue weighted by Gasteiger charge is 2.35. The summed E-state index contributed by atoms with van der Waals surface area (Å²) in [6, 6.07) is 10.3. The Hall–Kier alpha value is -3.46. The van der Waals surface area contributed by atoms with E-state index >= 15 is 0 Å². The van der Waals surface area contributed by atoms with Crippen molar-refractivity contribution in [2.75, 3.05) is 6.54 Å². The molecule has 1 atom stereocenters. The van der Waals surface area contributed by atoms with Gasteiger partial charge in [0.1, 0.15) is 11.5 Å². The molecule has 2 heterocycles. The SMILES string of the molecule is Cc1cc([C@H](C)NC(=O)c2cc(CNC3=NCCC3)cc(-c3ccc(F)cc3C(F)(F)F)n2)ccc1Cl. The molecule has 1 amide bonds. The van der Waals surface area contributed by atoms with Gasteiger partial charge in [0.25, 0.3) is 5.91 Å². The number of amides is 1. The minimum Gasteiger partial charge on any atom is -0.370 e. The van der Waals surface area contributed by atoms with Crippen molar-refractivity contribution in [3.8, 4) is 11.3 Å². The summed E-state index contributed by atoms with van der Waals surface area (Å²) >= 11 is 6.10. The van der Waals surface area contributed by atoms with Crippen molar-refractivity contribution >= 4 is 23.3 Å². The fourth-order valence-corrected chi connectivity index (χ4v) is 4.21. The second-order valence-corrected chi connectivity index (χ2v) is 9.33. The van der Waals surface area contributed by atoms with Crippen LogP contribution in [0.5, 0.6) is 0 Å². The van der Waals surface area contributed by atoms with Crippen LogP contribution >= 0.6 is 11.6 Å². The molecule has 1 aliphatic heterocycles. The Bertz CT molecular complexity index is 1360. The third-order valence-corrected chi connectivity index (χ3v) is 6.51. The van der Waals surface area contributed by atoms with Gasteiger partial charge in [0, 0.05) is 30.1 Å². The molecule has 37 heavy (non-hydrogen) atoms. The van der Waals surface area contributed by atoms with E-state index in [2.05, 4.69) is 20.6 Å². The predicted octanol–water partition coefficient (Wildman–Crippen LogP) is 6.64. The minimum absolute atomic E-state index is 0.0577. The van der Waals surface area contributed by atoms with Crippen LogP contribution in [0.4, 0.5) is 17.6 Å². The molecule has 0 unspecified atom stereocenters. The number of nitrogens with zero attached hydrogens (tertiary/aromatic N) is 2. The maximum absolute atomic E-state index is 13.7. The van der Waals surface area contributed by atoms with Crippen LogP contribution in [-0.4, -0.2) is 23.3 Å². The zero-order valence-electron chi connectivity index (χ0n) is 20.2. The molecule has 0 bridgehead atoms. The number of rotatable bonds is 6. The van der Waals surface area contributed by atoms with Crippen LogP contribution in [0, 0.1) is 12.7 Å². The number of alkyl halides is 3. The Morgan fingerprint density at radius 2 is 1.92 bits per heavy atom. The van der Waals surface area contributed by atoms with Gasteiger partial charge in [0.05, 0.1) is 23.1 Å². The van der Waals surface area contributed by atoms with E-state index in [4.69, 9.17) is 11.6 Å². The lowest BCUT2D eigenvalue weighted by Gasteiger charge is -2.17. The molecule has 1 aromatic heterocycles. The fraction of sp³-hybridized carbons (Fsp3) is 0.296. The van der Waals surface area contributed by atoms with Crippen LogP contribution < -0.4 is 10.6 Å². The summed E-state index contributed by atoms with van der Waals surface area (Å²) in [5, 5.41) is 6.61. The van der Waals surface area contributed by atoms with Gasteiger partial charge in [-0.3, -0.25) is 9.79 Å². The molecule has 0 spiro atoms. The molecule has 4 rings (SSSR count). The molecule has 10 heteroatoms. The first kappa shape index (κ1) is 26.6. The molecule has 3 aromatic rings. The Kier molecular flexibility index (Phi) is 7.82. The Morgan fingerprint density at radius 1 is 1.14 bits per heavy atom. The van der Waals surface area contributed by atoms with Gasteiger partial charge in [-0.15, -0.1) is 0 Å². The molecule has 0 saturated heterocycles. The van der Waals surface area contributed by atoms with Crippen molar-refractivity contribution in [1.82, 2.24) is 15.6 Å². The first-order valence-electron chi connectivity index (χ1n) is 11.7. The van der Waals surface area contributed by atoms with Crippen LogP contribution in [-0.2, 0) is 12.7 Å². The monoisotopic (exact) mass is 532 g/mol. The van der Waals surface area contributed by atoms with Gasteiger partial charge >= 0.3 is 6.18 Å². The number of amidine groups is 1. The average Bonchev–Trinajstić information content (AvgIpc) is 3.37. The van der Waals surface area contributed by atoms with Crippen molar-refractivity contribution in [3.63, 3.8) is 0 Å². The van der Waals surface area contributed by atoms with Crippen molar-refractivity contribution in [1.29, 1.82) is 0 Å². The summed E-state index contributed by atoms with van der Waals surface area (Å²) in [5.41, 5.74) is 0.575. The molecule has 1 aliphatic rings. The first-order chi connectivity index (χ1) is 17.5. The lowest BCUT2D eigenvalue weighted by atomic mass is 10.0. The number of pyridine rings is 1. The second kappa shape index (κ2) is 10.9. The fourth-order valence-electron chi connectivity index (χ4n) is 4.10. The van der Waals surface area contributed by atoms with E-state index in [-0.39, 0.29) is 23.5 Å². The van der Waals surface area contributed by atoms with Crippen LogP contribution in [0.3, 0.4) is 0 Å². The van der Waals surface area contributed by atoms with Crippen molar-refractivity contribution in [2.24, 2.45) is 4.99 Å². The van der Waals surface area contributed by atoms with E-state index in [1.54, 1.807) is 19.1 Å². The van der Waals surface area contributed by atoms with Crippen LogP contribution in [0.2, 0.25) is 5.02 Å². The molecule has 0 aliphatic carbocycles. The maximum atomic E-state index is 13.7. The highest BCUT2D eigenvalue weighted by atomic mass is 35.5. The quantitative estimate of drug-likeness (QED) is 0.350. The topological polar surface area (TPSA) is 66.4 Å². The largest absolute Gasteiger partial charge is 0.417 e. The molecule has 0 radical (unpaired) electrons. The molecule has 0 fully saturated rings. The standard InChI is InChI=1S/C27H25ClF4N4O/c1-15-10-18(5-8-22(15)28)16(2)35-26(37)24-12-17(14-34-25-4-3-9-33-25)11-23(36-24)20-7-6-19(29)13-21(20)27(30,31)32/h5-8,10-13,16H,3-4,9,14H2,1-2H3,(H,33,34)(H,35,37)/t16-/m0/s1. The minimum atomic E-state index is -4.81. The Morgan fingerprint density at radius 3 is 2.59 bits per heavy atom. The third kappa shape index (κ3) is 6.46. The summed E-state index contributed by atoms with van der Waals surface area (Å²) in [6.07, 6.45) is -3.11. The average molecular weight is 533 g/mol. The highest BCUT2D eigenvalue weighted by molar-refractivity contribution is 6.31. The number of aromatic nitrogens is 1. The number of aliphatic imine (C=N–C) groups is 1.